The number of hydrogen-bond acceptors (Lipinski definition) is 3. The van der Waals surface area contributed by atoms with E-state index >= 15 is 0 Å². The number of hydrogen-bond donors (Lipinski definition) is 2. The van der Waals surface area contributed by atoms with Crippen LogP contribution in [-0.4, -0.2) is 56.6 Å². The molecule has 6 heteroatoms. The number of carbonyl (C=O) groups is 1. The van der Waals surface area contributed by atoms with Gasteiger partial charge in [-0.25, -0.2) is 0 Å². The highest BCUT2D eigenvalue weighted by Gasteiger charge is 2.43. The van der Waals surface area contributed by atoms with Crippen molar-refractivity contribution in [3.63, 3.8) is 0 Å². The third-order valence-corrected chi connectivity index (χ3v) is 5.48. The van der Waals surface area contributed by atoms with E-state index in [9.17, 15) is 4.79 Å². The van der Waals surface area contributed by atoms with Gasteiger partial charge in [0.2, 0.25) is 0 Å². The second-order valence-electron chi connectivity index (χ2n) is 7.25. The number of nitrogens with zero attached hydrogens (tertiary/aromatic N) is 2. The smallest absolute Gasteiger partial charge is 0.251 e. The van der Waals surface area contributed by atoms with Crippen LogP contribution in [0, 0.1) is 5.41 Å². The lowest BCUT2D eigenvalue weighted by Gasteiger charge is -2.38. The molecular formula is C20H30N4O2. The van der Waals surface area contributed by atoms with Crippen LogP contribution in [-0.2, 0) is 0 Å². The minimum Gasteiger partial charge on any atom is -0.497 e. The number of nitrogens with one attached hydrogen (secondary N) is 2. The fourth-order valence-corrected chi connectivity index (χ4v) is 3.82. The fourth-order valence-electron chi connectivity index (χ4n) is 3.82. The van der Waals surface area contributed by atoms with E-state index in [1.165, 1.54) is 25.7 Å². The number of guanidine groups is 1. The molecule has 1 aliphatic carbocycles. The summed E-state index contributed by atoms with van der Waals surface area (Å²) in [7, 11) is 1.60. The molecule has 0 radical (unpaired) electrons. The summed E-state index contributed by atoms with van der Waals surface area (Å²) in [5.41, 5.74) is 1.16. The molecular weight excluding hydrogens is 328 g/mol. The Morgan fingerprint density at radius 3 is 2.81 bits per heavy atom. The third-order valence-electron chi connectivity index (χ3n) is 5.48. The average molecular weight is 358 g/mol. The van der Waals surface area contributed by atoms with Gasteiger partial charge in [-0.15, -0.1) is 0 Å². The van der Waals surface area contributed by atoms with Crippen molar-refractivity contribution < 1.29 is 9.53 Å². The Morgan fingerprint density at radius 1 is 1.31 bits per heavy atom. The van der Waals surface area contributed by atoms with Crippen molar-refractivity contribution in [2.75, 3.05) is 39.8 Å². The Hall–Kier alpha value is -2.24. The number of ether oxygens (including phenoxy) is 1. The van der Waals surface area contributed by atoms with Crippen molar-refractivity contribution in [2.45, 2.75) is 32.6 Å². The minimum atomic E-state index is -0.0984. The van der Waals surface area contributed by atoms with Crippen molar-refractivity contribution in [1.82, 2.24) is 15.5 Å². The second-order valence-corrected chi connectivity index (χ2v) is 7.25. The molecule has 1 aromatic rings. The summed E-state index contributed by atoms with van der Waals surface area (Å²) in [5, 5.41) is 6.32. The van der Waals surface area contributed by atoms with Crippen LogP contribution >= 0.6 is 0 Å². The van der Waals surface area contributed by atoms with E-state index < -0.39 is 0 Å². The lowest BCUT2D eigenvalue weighted by atomic mass is 9.68. The first kappa shape index (κ1) is 18.5. The van der Waals surface area contributed by atoms with Gasteiger partial charge in [0, 0.05) is 31.7 Å². The van der Waals surface area contributed by atoms with Crippen LogP contribution in [0.5, 0.6) is 5.75 Å². The van der Waals surface area contributed by atoms with E-state index in [0.717, 1.165) is 25.6 Å². The summed E-state index contributed by atoms with van der Waals surface area (Å²) < 4.78 is 5.16. The van der Waals surface area contributed by atoms with Gasteiger partial charge < -0.3 is 20.3 Å². The van der Waals surface area contributed by atoms with Crippen molar-refractivity contribution in [2.24, 2.45) is 10.4 Å². The maximum Gasteiger partial charge on any atom is 0.251 e. The Bertz CT molecular complexity index is 655. The van der Waals surface area contributed by atoms with Crippen LogP contribution in [0.4, 0.5) is 0 Å². The normalized spacial score (nSPS) is 18.5. The van der Waals surface area contributed by atoms with E-state index in [1.54, 1.807) is 19.2 Å². The van der Waals surface area contributed by atoms with Gasteiger partial charge in [-0.1, -0.05) is 12.5 Å². The molecule has 0 atom stereocenters. The monoisotopic (exact) mass is 358 g/mol. The van der Waals surface area contributed by atoms with Crippen LogP contribution in [0.3, 0.4) is 0 Å². The van der Waals surface area contributed by atoms with Crippen LogP contribution < -0.4 is 15.4 Å². The van der Waals surface area contributed by atoms with Crippen LogP contribution in [0.25, 0.3) is 0 Å². The second kappa shape index (κ2) is 8.43. The zero-order valence-electron chi connectivity index (χ0n) is 15.9. The van der Waals surface area contributed by atoms with Crippen molar-refractivity contribution in [3.05, 3.63) is 29.8 Å². The van der Waals surface area contributed by atoms with Crippen LogP contribution in [0.15, 0.2) is 29.3 Å². The van der Waals surface area contributed by atoms with Gasteiger partial charge in [-0.2, -0.15) is 0 Å². The van der Waals surface area contributed by atoms with E-state index in [-0.39, 0.29) is 5.91 Å². The van der Waals surface area contributed by atoms with Gasteiger partial charge in [0.1, 0.15) is 5.75 Å². The number of benzene rings is 1. The number of aliphatic imine (C=N–C) groups is 1. The predicted octanol–water partition coefficient (Wildman–Crippen LogP) is 2.27. The van der Waals surface area contributed by atoms with Crippen molar-refractivity contribution in [1.29, 1.82) is 0 Å². The Morgan fingerprint density at radius 2 is 2.15 bits per heavy atom. The van der Waals surface area contributed by atoms with Gasteiger partial charge in [0.15, 0.2) is 5.96 Å². The first-order chi connectivity index (χ1) is 12.7. The number of methoxy groups -OCH3 is 1. The maximum atomic E-state index is 12.2. The molecule has 2 aliphatic rings. The predicted molar refractivity (Wildman–Crippen MR) is 104 cm³/mol. The molecule has 1 spiro atoms. The average Bonchev–Trinajstić information content (AvgIpc) is 3.10. The van der Waals surface area contributed by atoms with Crippen molar-refractivity contribution >= 4 is 11.9 Å². The Balaban J connectivity index is 1.49. The molecule has 1 heterocycles. The number of rotatable bonds is 6. The molecule has 6 nitrogen and oxygen atoms in total. The van der Waals surface area contributed by atoms with Crippen LogP contribution in [0.1, 0.15) is 43.0 Å². The van der Waals surface area contributed by atoms with Gasteiger partial charge in [0.25, 0.3) is 5.91 Å². The van der Waals surface area contributed by atoms with E-state index in [4.69, 9.17) is 9.73 Å². The Labute approximate surface area is 156 Å². The summed E-state index contributed by atoms with van der Waals surface area (Å²) in [6, 6.07) is 7.17. The lowest BCUT2D eigenvalue weighted by molar-refractivity contribution is 0.0954. The largest absolute Gasteiger partial charge is 0.497 e. The fraction of sp³-hybridized carbons (Fsp3) is 0.600. The molecule has 0 unspecified atom stereocenters. The summed E-state index contributed by atoms with van der Waals surface area (Å²) in [6.07, 6.45) is 5.38. The van der Waals surface area contributed by atoms with E-state index in [0.29, 0.717) is 29.8 Å². The zero-order chi connectivity index (χ0) is 18.4. The van der Waals surface area contributed by atoms with Crippen LogP contribution in [0.2, 0.25) is 0 Å². The molecule has 1 aliphatic heterocycles. The highest BCUT2D eigenvalue weighted by Crippen LogP contribution is 2.47. The number of likely N-dealkylation sites (tertiary alicyclic amines) is 1. The van der Waals surface area contributed by atoms with E-state index in [1.807, 2.05) is 12.1 Å². The molecule has 3 rings (SSSR count). The quantitative estimate of drug-likeness (QED) is 0.465. The molecule has 26 heavy (non-hydrogen) atoms. The standard InChI is InChI=1S/C20H30N4O2/c1-3-21-19(24-13-10-20(15-24)8-5-9-20)23-12-11-22-18(25)16-6-4-7-17(14-16)26-2/h4,6-7,14H,3,5,8-13,15H2,1-2H3,(H,21,23)(H,22,25). The first-order valence-corrected chi connectivity index (χ1v) is 9.61. The number of amides is 1. The molecule has 142 valence electrons. The molecule has 1 saturated heterocycles. The summed E-state index contributed by atoms with van der Waals surface area (Å²) in [5.74, 6) is 1.56. The van der Waals surface area contributed by atoms with Gasteiger partial charge in [0.05, 0.1) is 13.7 Å². The molecule has 2 fully saturated rings. The maximum absolute atomic E-state index is 12.2. The van der Waals surface area contributed by atoms with E-state index in [2.05, 4.69) is 22.5 Å². The molecule has 1 aromatic carbocycles. The lowest BCUT2D eigenvalue weighted by Crippen LogP contribution is -2.43. The summed E-state index contributed by atoms with van der Waals surface area (Å²) in [6.45, 7) is 6.25. The molecule has 1 saturated carbocycles. The van der Waals surface area contributed by atoms with Gasteiger partial charge >= 0.3 is 0 Å². The minimum absolute atomic E-state index is 0.0984. The molecule has 0 bridgehead atoms. The van der Waals surface area contributed by atoms with Crippen molar-refractivity contribution in [3.8, 4) is 5.75 Å². The summed E-state index contributed by atoms with van der Waals surface area (Å²) in [4.78, 5) is 19.3. The Kier molecular flexibility index (Phi) is 6.01. The first-order valence-electron chi connectivity index (χ1n) is 9.61. The topological polar surface area (TPSA) is 66.0 Å². The van der Waals surface area contributed by atoms with Gasteiger partial charge in [-0.05, 0) is 49.8 Å². The highest BCUT2D eigenvalue weighted by atomic mass is 16.5. The third kappa shape index (κ3) is 4.29. The zero-order valence-corrected chi connectivity index (χ0v) is 15.9. The SMILES string of the molecule is CCNC(=NCCNC(=O)c1cccc(OC)c1)N1CCC2(CCC2)C1. The van der Waals surface area contributed by atoms with Gasteiger partial charge in [-0.3, -0.25) is 9.79 Å². The molecule has 1 amide bonds. The molecule has 2 N–H and O–H groups in total. The molecule has 0 aromatic heterocycles. The summed E-state index contributed by atoms with van der Waals surface area (Å²) >= 11 is 0. The number of carbonyl (C=O) groups excluding carboxylic acids is 1. The highest BCUT2D eigenvalue weighted by molar-refractivity contribution is 5.94.